The summed E-state index contributed by atoms with van der Waals surface area (Å²) in [5.74, 6) is 0. The Morgan fingerprint density at radius 1 is 0.703 bits per heavy atom. The summed E-state index contributed by atoms with van der Waals surface area (Å²) in [6.45, 7) is 30.6. The van der Waals surface area contributed by atoms with Crippen molar-refractivity contribution in [1.29, 1.82) is 0 Å². The fraction of sp³-hybridized carbons (Fsp3) is 0.567. The van der Waals surface area contributed by atoms with Crippen LogP contribution in [0.1, 0.15) is 103 Å². The Morgan fingerprint density at radius 3 is 1.35 bits per heavy atom. The van der Waals surface area contributed by atoms with Gasteiger partial charge in [-0.05, 0) is 0 Å². The molecule has 0 saturated heterocycles. The molecule has 1 aromatic heterocycles. The Labute approximate surface area is 243 Å². The van der Waals surface area contributed by atoms with Crippen molar-refractivity contribution in [2.45, 2.75) is 101 Å². The van der Waals surface area contributed by atoms with Crippen LogP contribution < -0.4 is 18.6 Å². The molecule has 1 aliphatic rings. The van der Waals surface area contributed by atoms with Crippen molar-refractivity contribution in [3.05, 3.63) is 63.2 Å². The number of hydrogen-bond donors (Lipinski definition) is 0. The fourth-order valence-corrected chi connectivity index (χ4v) is 9.24. The van der Waals surface area contributed by atoms with Crippen molar-refractivity contribution >= 4 is 41.5 Å². The Kier molecular flexibility index (Phi) is 11.8. The van der Waals surface area contributed by atoms with Gasteiger partial charge in [0, 0.05) is 0 Å². The molecule has 0 aromatic carbocycles. The summed E-state index contributed by atoms with van der Waals surface area (Å²) in [5, 5.41) is 0. The van der Waals surface area contributed by atoms with Crippen molar-refractivity contribution in [2.75, 3.05) is 0 Å². The molecule has 0 bridgehead atoms. The second-order valence-corrected chi connectivity index (χ2v) is 19.7. The van der Waals surface area contributed by atoms with E-state index in [0.29, 0.717) is 15.0 Å². The van der Waals surface area contributed by atoms with Crippen LogP contribution in [0.2, 0.25) is 0 Å². The van der Waals surface area contributed by atoms with Gasteiger partial charge in [-0.3, -0.25) is 0 Å². The van der Waals surface area contributed by atoms with Crippen LogP contribution in [0.15, 0.2) is 50.5 Å². The van der Waals surface area contributed by atoms with Crippen LogP contribution in [0.4, 0.5) is 0 Å². The van der Waals surface area contributed by atoms with Crippen LogP contribution in [0.5, 0.6) is 0 Å². The first-order valence-electron chi connectivity index (χ1n) is 12.4. The summed E-state index contributed by atoms with van der Waals surface area (Å²) in [5.41, 5.74) is 5.04. The minimum absolute atomic E-state index is 0.219. The van der Waals surface area contributed by atoms with E-state index in [1.54, 1.807) is 16.1 Å². The van der Waals surface area contributed by atoms with Gasteiger partial charge in [-0.15, -0.1) is 10.2 Å². The summed E-state index contributed by atoms with van der Waals surface area (Å²) in [6.07, 6.45) is 9.64. The van der Waals surface area contributed by atoms with Gasteiger partial charge in [0.1, 0.15) is 0 Å². The molecular formula is C30H45ClO4SeTe. The second kappa shape index (κ2) is 12.5. The third-order valence-corrected chi connectivity index (χ3v) is 15.0. The minimum Gasteiger partial charge on any atom is -0.222 e. The maximum Gasteiger partial charge on any atom is -0.112 e. The Hall–Kier alpha value is -0.251. The van der Waals surface area contributed by atoms with E-state index in [1.165, 1.54) is 16.7 Å². The molecule has 0 fully saturated rings. The maximum atomic E-state index is 8.49. The molecule has 2 rings (SSSR count). The number of halogens is 1. The van der Waals surface area contributed by atoms with Crippen molar-refractivity contribution in [2.24, 2.45) is 10.8 Å². The van der Waals surface area contributed by atoms with Gasteiger partial charge in [-0.2, -0.15) is 0 Å². The van der Waals surface area contributed by atoms with Gasteiger partial charge in [0.2, 0.25) is 0 Å². The first kappa shape index (κ1) is 34.8. The van der Waals surface area contributed by atoms with Gasteiger partial charge < -0.3 is 0 Å². The van der Waals surface area contributed by atoms with Crippen LogP contribution in [0, 0.1) is 21.1 Å². The van der Waals surface area contributed by atoms with Gasteiger partial charge in [-0.25, -0.2) is 18.6 Å². The van der Waals surface area contributed by atoms with Gasteiger partial charge in [0.15, 0.2) is 0 Å². The Morgan fingerprint density at radius 2 is 1.05 bits per heavy atom. The van der Waals surface area contributed by atoms with E-state index in [1.807, 2.05) is 0 Å². The Balaban J connectivity index is 0.00000124. The summed E-state index contributed by atoms with van der Waals surface area (Å²) >= 11 is 0.158. The Bertz CT molecular complexity index is 1010. The van der Waals surface area contributed by atoms with Gasteiger partial charge >= 0.3 is 216 Å². The molecule has 2 heterocycles. The molecule has 1 aliphatic heterocycles. The van der Waals surface area contributed by atoms with Crippen LogP contribution >= 0.6 is 0 Å². The maximum absolute atomic E-state index is 8.49. The normalized spacial score (nSPS) is 15.8. The molecule has 7 heteroatoms. The van der Waals surface area contributed by atoms with Crippen LogP contribution in [-0.4, -0.2) is 35.4 Å². The third-order valence-electron chi connectivity index (χ3n) is 5.55. The summed E-state index contributed by atoms with van der Waals surface area (Å²) in [7, 11) is -4.94. The average molecular weight is 712 g/mol. The molecule has 208 valence electrons. The van der Waals surface area contributed by atoms with Crippen molar-refractivity contribution in [1.82, 2.24) is 0 Å². The first-order chi connectivity index (χ1) is 16.3. The predicted molar refractivity (Wildman–Crippen MR) is 148 cm³/mol. The zero-order valence-corrected chi connectivity index (χ0v) is 29.6. The van der Waals surface area contributed by atoms with E-state index in [2.05, 4.69) is 126 Å². The van der Waals surface area contributed by atoms with Crippen molar-refractivity contribution in [3.8, 4) is 0 Å². The molecule has 4 nitrogen and oxygen atoms in total. The molecule has 37 heavy (non-hydrogen) atoms. The van der Waals surface area contributed by atoms with E-state index in [-0.39, 0.29) is 42.1 Å². The standard InChI is InChI=1S/C30H45SeTe.ClHO4/c1-20(22-18-23(27(2,3)4)31-24(19-22)28(5,6)7)14-15-21-16-25(29(8,9)10)32-26(17-21)30(11,12)13;2-1(3,4)5/h14-19H,1-13H3;(H,2,3,4,5)/q+1;/p-1/b15-14+;. The minimum atomic E-state index is -4.94. The molecule has 0 N–H and O–H groups in total. The molecular weight excluding hydrogens is 666 g/mol. The molecule has 1 aromatic rings. The van der Waals surface area contributed by atoms with E-state index in [9.17, 15) is 0 Å². The van der Waals surface area contributed by atoms with E-state index in [0.717, 1.165) is 0 Å². The van der Waals surface area contributed by atoms with Crippen molar-refractivity contribution in [3.63, 3.8) is 0 Å². The quantitative estimate of drug-likeness (QED) is 0.437. The summed E-state index contributed by atoms with van der Waals surface area (Å²) in [4.78, 5) is 0. The zero-order valence-electron chi connectivity index (χ0n) is 24.8. The van der Waals surface area contributed by atoms with Crippen LogP contribution in [0.25, 0.3) is 6.08 Å². The largest absolute Gasteiger partial charge is 0.222 e. The number of rotatable bonds is 2. The first-order valence-corrected chi connectivity index (χ1v) is 17.7. The van der Waals surface area contributed by atoms with Gasteiger partial charge in [0.25, 0.3) is 0 Å². The molecule has 0 radical (unpaired) electrons. The molecule has 0 aliphatic carbocycles. The van der Waals surface area contributed by atoms with E-state index < -0.39 is 10.2 Å². The summed E-state index contributed by atoms with van der Waals surface area (Å²) in [6, 6.07) is 4.95. The average Bonchev–Trinajstić information content (AvgIpc) is 2.67. The molecule has 0 saturated carbocycles. The molecule has 0 atom stereocenters. The number of hydrogen-bond acceptors (Lipinski definition) is 4. The predicted octanol–water partition coefficient (Wildman–Crippen LogP) is 3.77. The summed E-state index contributed by atoms with van der Waals surface area (Å²) < 4.78 is 40.5. The monoisotopic (exact) mass is 714 g/mol. The molecule has 0 spiro atoms. The van der Waals surface area contributed by atoms with Crippen LogP contribution in [0.3, 0.4) is 0 Å². The topological polar surface area (TPSA) is 92.2 Å². The van der Waals surface area contributed by atoms with Gasteiger partial charge in [0.05, 0.1) is 0 Å². The number of allylic oxidation sites excluding steroid dienone is 7. The molecule has 0 unspecified atom stereocenters. The fourth-order valence-electron chi connectivity index (χ4n) is 3.14. The van der Waals surface area contributed by atoms with Crippen LogP contribution in [-0.2, 0) is 10.8 Å². The zero-order chi connectivity index (χ0) is 29.2. The van der Waals surface area contributed by atoms with Gasteiger partial charge in [-0.1, -0.05) is 0 Å². The third kappa shape index (κ3) is 12.6. The second-order valence-electron chi connectivity index (χ2n) is 13.6. The van der Waals surface area contributed by atoms with E-state index in [4.69, 9.17) is 18.6 Å². The van der Waals surface area contributed by atoms with E-state index >= 15 is 0 Å². The smallest absolute Gasteiger partial charge is 0.112 e. The SMILES string of the molecule is CC(/C=C/c1cc(C(C)(C)C)[te+]c(C(C)(C)C)c1)=C1C=C(C(C)(C)C)[Se]C(C(C)(C)C)=C1.[O-][Cl+3]([O-])([O-])[O-]. The molecule has 0 amide bonds. The van der Waals surface area contributed by atoms with Crippen molar-refractivity contribution < 1.29 is 28.9 Å².